The van der Waals surface area contributed by atoms with Crippen LogP contribution in [0.15, 0.2) is 23.7 Å². The zero-order valence-electron chi connectivity index (χ0n) is 7.93. The molecule has 0 fully saturated rings. The highest BCUT2D eigenvalue weighted by molar-refractivity contribution is 7.88. The van der Waals surface area contributed by atoms with Gasteiger partial charge in [-0.25, -0.2) is 4.98 Å². The van der Waals surface area contributed by atoms with Crippen LogP contribution in [0, 0.1) is 0 Å². The fourth-order valence-corrected chi connectivity index (χ4v) is 2.22. The molecule has 9 heteroatoms. The van der Waals surface area contributed by atoms with Crippen LogP contribution < -0.4 is 4.18 Å². The lowest BCUT2D eigenvalue weighted by Crippen LogP contribution is -2.27. The van der Waals surface area contributed by atoms with Gasteiger partial charge in [0.15, 0.2) is 0 Å². The third-order valence-corrected chi connectivity index (χ3v) is 3.56. The summed E-state index contributed by atoms with van der Waals surface area (Å²) < 4.78 is 62.1. The number of thiazole rings is 1. The molecule has 0 saturated carbocycles. The highest BCUT2D eigenvalue weighted by Crippen LogP contribution is 2.29. The second-order valence-electron chi connectivity index (χ2n) is 2.97. The number of aromatic nitrogens is 1. The lowest BCUT2D eigenvalue weighted by atomic mass is 10.3. The fraction of sp³-hybridized carbons (Fsp3) is 0.125. The molecule has 0 saturated heterocycles. The maximum absolute atomic E-state index is 12.1. The van der Waals surface area contributed by atoms with Gasteiger partial charge >= 0.3 is 15.6 Å². The molecular formula is C8H4F3NO3S2. The Hall–Kier alpha value is -1.35. The van der Waals surface area contributed by atoms with Gasteiger partial charge in [-0.2, -0.15) is 21.6 Å². The van der Waals surface area contributed by atoms with Crippen molar-refractivity contribution in [2.75, 3.05) is 0 Å². The molecule has 0 aliphatic heterocycles. The highest BCUT2D eigenvalue weighted by atomic mass is 32.2. The molecular weight excluding hydrogens is 279 g/mol. The van der Waals surface area contributed by atoms with Crippen LogP contribution >= 0.6 is 11.3 Å². The summed E-state index contributed by atoms with van der Waals surface area (Å²) in [6.07, 6.45) is 0. The van der Waals surface area contributed by atoms with Gasteiger partial charge in [-0.1, -0.05) is 0 Å². The van der Waals surface area contributed by atoms with Crippen LogP contribution in [-0.2, 0) is 10.1 Å². The first kappa shape index (κ1) is 12.1. The molecule has 0 spiro atoms. The summed E-state index contributed by atoms with van der Waals surface area (Å²) in [5, 5.41) is 0. The molecule has 17 heavy (non-hydrogen) atoms. The minimum Gasteiger partial charge on any atom is -0.376 e. The predicted octanol–water partition coefficient (Wildman–Crippen LogP) is 2.52. The zero-order valence-corrected chi connectivity index (χ0v) is 9.56. The molecule has 4 nitrogen and oxygen atoms in total. The van der Waals surface area contributed by atoms with Crippen LogP contribution in [0.2, 0.25) is 0 Å². The Labute approximate surface area is 97.8 Å². The summed E-state index contributed by atoms with van der Waals surface area (Å²) in [6, 6.07) is 3.69. The highest BCUT2D eigenvalue weighted by Gasteiger charge is 2.48. The van der Waals surface area contributed by atoms with Crippen LogP contribution in [0.3, 0.4) is 0 Å². The van der Waals surface area contributed by atoms with Gasteiger partial charge in [0.25, 0.3) is 0 Å². The van der Waals surface area contributed by atoms with E-state index in [-0.39, 0.29) is 5.75 Å². The standard InChI is InChI=1S/C8H4F3NO3S2/c9-8(10,11)17(13,14)15-5-1-2-6-7(3-5)16-4-12-6/h1-4H. The number of nitrogens with zero attached hydrogens (tertiary/aromatic N) is 1. The minimum atomic E-state index is -5.62. The maximum atomic E-state index is 12.1. The van der Waals surface area contributed by atoms with E-state index in [9.17, 15) is 21.6 Å². The molecule has 2 aromatic rings. The first-order valence-electron chi connectivity index (χ1n) is 4.13. The van der Waals surface area contributed by atoms with Crippen molar-refractivity contribution in [1.29, 1.82) is 0 Å². The van der Waals surface area contributed by atoms with E-state index in [0.29, 0.717) is 10.2 Å². The first-order valence-corrected chi connectivity index (χ1v) is 6.42. The van der Waals surface area contributed by atoms with Gasteiger partial charge in [-0.15, -0.1) is 11.3 Å². The van der Waals surface area contributed by atoms with Crippen molar-refractivity contribution in [3.05, 3.63) is 23.7 Å². The van der Waals surface area contributed by atoms with Crippen LogP contribution in [0.5, 0.6) is 5.75 Å². The van der Waals surface area contributed by atoms with Crippen LogP contribution in [-0.4, -0.2) is 18.9 Å². The Kier molecular flexibility index (Phi) is 2.74. The van der Waals surface area contributed by atoms with Crippen molar-refractivity contribution in [3.8, 4) is 5.75 Å². The molecule has 0 aliphatic rings. The Morgan fingerprint density at radius 1 is 1.29 bits per heavy atom. The van der Waals surface area contributed by atoms with Crippen molar-refractivity contribution < 1.29 is 25.8 Å². The summed E-state index contributed by atoms with van der Waals surface area (Å²) in [4.78, 5) is 3.90. The van der Waals surface area contributed by atoms with Gasteiger partial charge in [0.2, 0.25) is 0 Å². The summed E-state index contributed by atoms with van der Waals surface area (Å²) in [5.74, 6) is -0.390. The normalized spacial score (nSPS) is 12.9. The Morgan fingerprint density at radius 2 is 2.00 bits per heavy atom. The van der Waals surface area contributed by atoms with Crippen LogP contribution in [0.4, 0.5) is 13.2 Å². The van der Waals surface area contributed by atoms with Gasteiger partial charge in [0, 0.05) is 6.07 Å². The molecule has 0 amide bonds. The molecule has 1 heterocycles. The van der Waals surface area contributed by atoms with Gasteiger partial charge in [-0.3, -0.25) is 0 Å². The topological polar surface area (TPSA) is 56.3 Å². The predicted molar refractivity (Wildman–Crippen MR) is 55.2 cm³/mol. The molecule has 0 atom stereocenters. The Morgan fingerprint density at radius 3 is 2.65 bits per heavy atom. The largest absolute Gasteiger partial charge is 0.534 e. The van der Waals surface area contributed by atoms with E-state index < -0.39 is 15.6 Å². The average Bonchev–Trinajstić information content (AvgIpc) is 2.62. The number of alkyl halides is 3. The van der Waals surface area contributed by atoms with Gasteiger partial charge < -0.3 is 4.18 Å². The van der Waals surface area contributed by atoms with E-state index in [1.54, 1.807) is 0 Å². The third-order valence-electron chi connectivity index (χ3n) is 1.79. The number of halogens is 3. The molecule has 2 rings (SSSR count). The molecule has 1 aromatic heterocycles. The lowest BCUT2D eigenvalue weighted by molar-refractivity contribution is -0.0500. The number of fused-ring (bicyclic) bond motifs is 1. The van der Waals surface area contributed by atoms with Gasteiger partial charge in [0.1, 0.15) is 5.75 Å². The van der Waals surface area contributed by atoms with E-state index in [1.165, 1.54) is 29.0 Å². The minimum absolute atomic E-state index is 0.390. The van der Waals surface area contributed by atoms with Crippen LogP contribution in [0.1, 0.15) is 0 Å². The number of rotatable bonds is 2. The maximum Gasteiger partial charge on any atom is 0.534 e. The fourth-order valence-electron chi connectivity index (χ4n) is 1.06. The number of hydrogen-bond donors (Lipinski definition) is 0. The van der Waals surface area contributed by atoms with Crippen molar-refractivity contribution in [2.45, 2.75) is 5.51 Å². The quantitative estimate of drug-likeness (QED) is 0.627. The molecule has 0 N–H and O–H groups in total. The van der Waals surface area contributed by atoms with E-state index in [4.69, 9.17) is 0 Å². The Bertz CT molecular complexity index is 647. The second kappa shape index (κ2) is 3.84. The van der Waals surface area contributed by atoms with E-state index in [1.807, 2.05) is 0 Å². The summed E-state index contributed by atoms with van der Waals surface area (Å²) >= 11 is 1.17. The van der Waals surface area contributed by atoms with Crippen molar-refractivity contribution in [1.82, 2.24) is 4.98 Å². The molecule has 92 valence electrons. The van der Waals surface area contributed by atoms with Crippen LogP contribution in [0.25, 0.3) is 10.2 Å². The Balaban J connectivity index is 2.36. The van der Waals surface area contributed by atoms with Crippen molar-refractivity contribution in [3.63, 3.8) is 0 Å². The number of benzene rings is 1. The monoisotopic (exact) mass is 283 g/mol. The lowest BCUT2D eigenvalue weighted by Gasteiger charge is -2.08. The van der Waals surface area contributed by atoms with Gasteiger partial charge in [0.05, 0.1) is 15.7 Å². The molecule has 0 radical (unpaired) electrons. The van der Waals surface area contributed by atoms with Crippen molar-refractivity contribution >= 4 is 31.7 Å². The van der Waals surface area contributed by atoms with Crippen molar-refractivity contribution in [2.24, 2.45) is 0 Å². The smallest absolute Gasteiger partial charge is 0.376 e. The SMILES string of the molecule is O=S(=O)(Oc1ccc2ncsc2c1)C(F)(F)F. The summed E-state index contributed by atoms with van der Waals surface area (Å²) in [7, 11) is -5.62. The third kappa shape index (κ3) is 2.34. The van der Waals surface area contributed by atoms with E-state index >= 15 is 0 Å². The summed E-state index contributed by atoms with van der Waals surface area (Å²) in [5.41, 5.74) is -3.38. The molecule has 0 unspecified atom stereocenters. The average molecular weight is 283 g/mol. The van der Waals surface area contributed by atoms with E-state index in [2.05, 4.69) is 9.17 Å². The molecule has 0 aliphatic carbocycles. The first-order chi connectivity index (χ1) is 7.79. The molecule has 1 aromatic carbocycles. The second-order valence-corrected chi connectivity index (χ2v) is 5.39. The zero-order chi connectivity index (χ0) is 12.7. The molecule has 0 bridgehead atoms. The van der Waals surface area contributed by atoms with Gasteiger partial charge in [-0.05, 0) is 12.1 Å². The van der Waals surface area contributed by atoms with E-state index in [0.717, 1.165) is 6.07 Å². The number of hydrogen-bond acceptors (Lipinski definition) is 5. The summed E-state index contributed by atoms with van der Waals surface area (Å²) in [6.45, 7) is 0.